The Labute approximate surface area is 243 Å². The third-order valence-electron chi connectivity index (χ3n) is 8.11. The van der Waals surface area contributed by atoms with Gasteiger partial charge in [0.1, 0.15) is 17.3 Å². The number of nitrogens with zero attached hydrogens (tertiary/aromatic N) is 3. The third kappa shape index (κ3) is 7.19. The molecule has 1 aliphatic carbocycles. The van der Waals surface area contributed by atoms with Crippen molar-refractivity contribution in [1.29, 1.82) is 0 Å². The summed E-state index contributed by atoms with van der Waals surface area (Å²) in [4.78, 5) is 21.6. The molecule has 1 saturated heterocycles. The number of carbonyl (C=O) groups is 1. The predicted molar refractivity (Wildman–Crippen MR) is 166 cm³/mol. The Bertz CT molecular complexity index is 1380. The summed E-state index contributed by atoms with van der Waals surface area (Å²) in [6.07, 6.45) is 7.22. The number of methoxy groups -OCH3 is 1. The number of hydrogen-bond donors (Lipinski definition) is 2. The Morgan fingerprint density at radius 1 is 1.05 bits per heavy atom. The number of likely N-dealkylation sites (N-methyl/N-ethyl adjacent to an activating group) is 1. The molecular weight excluding hydrogens is 514 g/mol. The van der Waals surface area contributed by atoms with Crippen molar-refractivity contribution in [2.24, 2.45) is 5.92 Å². The van der Waals surface area contributed by atoms with Gasteiger partial charge in [0.2, 0.25) is 11.8 Å². The SMILES string of the molecule is C=CC(=O)Nc1cc(Oc2nc(Nc3ccc(N4CCN(C)CC4)cc3OC)ccc2CC2CCCC2)ccc1C. The number of ether oxygens (including phenoxy) is 2. The lowest BCUT2D eigenvalue weighted by atomic mass is 9.99. The number of hydrogen-bond acceptors (Lipinski definition) is 7. The summed E-state index contributed by atoms with van der Waals surface area (Å²) in [5.74, 6) is 3.00. The lowest BCUT2D eigenvalue weighted by Gasteiger charge is -2.34. The molecule has 1 aliphatic heterocycles. The van der Waals surface area contributed by atoms with Gasteiger partial charge < -0.3 is 29.9 Å². The maximum Gasteiger partial charge on any atom is 0.247 e. The van der Waals surface area contributed by atoms with Gasteiger partial charge in [-0.2, -0.15) is 4.98 Å². The van der Waals surface area contributed by atoms with Crippen molar-refractivity contribution in [2.45, 2.75) is 39.0 Å². The molecule has 2 N–H and O–H groups in total. The number of carbonyl (C=O) groups excluding carboxylic acids is 1. The molecule has 0 radical (unpaired) electrons. The Balaban J connectivity index is 1.40. The Morgan fingerprint density at radius 3 is 2.56 bits per heavy atom. The average Bonchev–Trinajstić information content (AvgIpc) is 3.50. The van der Waals surface area contributed by atoms with Crippen LogP contribution in [0.5, 0.6) is 17.4 Å². The van der Waals surface area contributed by atoms with E-state index in [4.69, 9.17) is 14.5 Å². The first-order valence-electron chi connectivity index (χ1n) is 14.5. The molecule has 1 aromatic heterocycles. The molecule has 2 heterocycles. The molecule has 0 spiro atoms. The fraction of sp³-hybridized carbons (Fsp3) is 0.394. The number of anilines is 4. The molecule has 41 heavy (non-hydrogen) atoms. The maximum absolute atomic E-state index is 11.9. The monoisotopic (exact) mass is 555 g/mol. The first kappa shape index (κ1) is 28.5. The molecule has 5 rings (SSSR count). The highest BCUT2D eigenvalue weighted by atomic mass is 16.5. The zero-order valence-corrected chi connectivity index (χ0v) is 24.4. The van der Waals surface area contributed by atoms with Gasteiger partial charge >= 0.3 is 0 Å². The van der Waals surface area contributed by atoms with Crippen molar-refractivity contribution in [3.8, 4) is 17.4 Å². The van der Waals surface area contributed by atoms with Crippen molar-refractivity contribution in [2.75, 3.05) is 55.9 Å². The van der Waals surface area contributed by atoms with Gasteiger partial charge in [-0.05, 0) is 68.3 Å². The van der Waals surface area contributed by atoms with Crippen LogP contribution >= 0.6 is 0 Å². The number of piperazine rings is 1. The maximum atomic E-state index is 11.9. The molecule has 0 unspecified atom stereocenters. The van der Waals surface area contributed by atoms with Crippen molar-refractivity contribution in [3.05, 3.63) is 72.3 Å². The molecule has 2 aliphatic rings. The summed E-state index contributed by atoms with van der Waals surface area (Å²) < 4.78 is 12.2. The molecule has 2 fully saturated rings. The summed E-state index contributed by atoms with van der Waals surface area (Å²) in [5, 5.41) is 6.31. The molecule has 1 saturated carbocycles. The van der Waals surface area contributed by atoms with E-state index in [9.17, 15) is 4.79 Å². The molecular formula is C33H41N5O3. The minimum Gasteiger partial charge on any atom is -0.494 e. The molecule has 0 atom stereocenters. The molecule has 3 aromatic rings. The molecule has 8 heteroatoms. The van der Waals surface area contributed by atoms with Crippen LogP contribution < -0.4 is 25.0 Å². The third-order valence-corrected chi connectivity index (χ3v) is 8.11. The second-order valence-electron chi connectivity index (χ2n) is 11.1. The minimum atomic E-state index is -0.260. The van der Waals surface area contributed by atoms with E-state index in [1.165, 1.54) is 31.8 Å². The summed E-state index contributed by atoms with van der Waals surface area (Å²) in [6, 6.07) is 16.1. The number of aryl methyl sites for hydroxylation is 1. The van der Waals surface area contributed by atoms with Crippen LogP contribution in [0.1, 0.15) is 36.8 Å². The molecule has 216 valence electrons. The van der Waals surface area contributed by atoms with Crippen molar-refractivity contribution in [3.63, 3.8) is 0 Å². The normalized spacial score (nSPS) is 15.9. The zero-order valence-electron chi connectivity index (χ0n) is 24.4. The summed E-state index contributed by atoms with van der Waals surface area (Å²) >= 11 is 0. The fourth-order valence-corrected chi connectivity index (χ4v) is 5.59. The van der Waals surface area contributed by atoms with Gasteiger partial charge in [0, 0.05) is 55.2 Å². The van der Waals surface area contributed by atoms with Gasteiger partial charge in [-0.15, -0.1) is 0 Å². The van der Waals surface area contributed by atoms with E-state index in [1.807, 2.05) is 31.2 Å². The Morgan fingerprint density at radius 2 is 1.83 bits per heavy atom. The van der Waals surface area contributed by atoms with Gasteiger partial charge in [-0.25, -0.2) is 0 Å². The Kier molecular flexibility index (Phi) is 9.09. The standard InChI is InChI=1S/C33H41N5O3/c1-5-32(39)35-29-22-27(13-10-23(29)2)41-33-25(20-24-8-6-7-9-24)11-15-31(36-33)34-28-14-12-26(21-30(28)40-4)38-18-16-37(3)17-19-38/h5,10-15,21-22,24H,1,6-9,16-20H2,2-4H3,(H,34,36)(H,35,39). The van der Waals surface area contributed by atoms with Crippen LogP contribution in [-0.2, 0) is 11.2 Å². The number of amides is 1. The topological polar surface area (TPSA) is 79.0 Å². The second kappa shape index (κ2) is 13.1. The number of pyridine rings is 1. The number of nitrogens with one attached hydrogen (secondary N) is 2. The fourth-order valence-electron chi connectivity index (χ4n) is 5.59. The van der Waals surface area contributed by atoms with Gasteiger partial charge in [-0.3, -0.25) is 4.79 Å². The largest absolute Gasteiger partial charge is 0.494 e. The highest BCUT2D eigenvalue weighted by Gasteiger charge is 2.20. The summed E-state index contributed by atoms with van der Waals surface area (Å²) in [6.45, 7) is 9.58. The van der Waals surface area contributed by atoms with E-state index in [1.54, 1.807) is 7.11 Å². The molecule has 2 aromatic carbocycles. The van der Waals surface area contributed by atoms with Crippen LogP contribution in [-0.4, -0.2) is 56.1 Å². The minimum absolute atomic E-state index is 0.260. The van der Waals surface area contributed by atoms with E-state index < -0.39 is 0 Å². The smallest absolute Gasteiger partial charge is 0.247 e. The number of aromatic nitrogens is 1. The van der Waals surface area contributed by atoms with Gasteiger partial charge in [0.15, 0.2) is 0 Å². The zero-order chi connectivity index (χ0) is 28.8. The van der Waals surface area contributed by atoms with Crippen molar-refractivity contribution in [1.82, 2.24) is 9.88 Å². The Hall–Kier alpha value is -4.04. The van der Waals surface area contributed by atoms with Crippen LogP contribution in [0.3, 0.4) is 0 Å². The predicted octanol–water partition coefficient (Wildman–Crippen LogP) is 6.54. The lowest BCUT2D eigenvalue weighted by molar-refractivity contribution is -0.111. The highest BCUT2D eigenvalue weighted by Crippen LogP contribution is 2.36. The average molecular weight is 556 g/mol. The first-order chi connectivity index (χ1) is 19.9. The first-order valence-corrected chi connectivity index (χ1v) is 14.5. The van der Waals surface area contributed by atoms with E-state index in [-0.39, 0.29) is 5.91 Å². The van der Waals surface area contributed by atoms with Gasteiger partial charge in [-0.1, -0.05) is 38.3 Å². The number of benzene rings is 2. The van der Waals surface area contributed by atoms with E-state index >= 15 is 0 Å². The van der Waals surface area contributed by atoms with Crippen LogP contribution in [0.4, 0.5) is 22.9 Å². The van der Waals surface area contributed by atoms with Crippen LogP contribution in [0.15, 0.2) is 61.2 Å². The van der Waals surface area contributed by atoms with Crippen LogP contribution in [0.25, 0.3) is 0 Å². The van der Waals surface area contributed by atoms with E-state index in [2.05, 4.69) is 58.3 Å². The lowest BCUT2D eigenvalue weighted by Crippen LogP contribution is -2.44. The summed E-state index contributed by atoms with van der Waals surface area (Å²) in [5.41, 5.74) is 4.70. The summed E-state index contributed by atoms with van der Waals surface area (Å²) in [7, 11) is 3.86. The van der Waals surface area contributed by atoms with E-state index in [0.29, 0.717) is 29.1 Å². The number of rotatable bonds is 10. The van der Waals surface area contributed by atoms with Crippen LogP contribution in [0.2, 0.25) is 0 Å². The molecule has 1 amide bonds. The highest BCUT2D eigenvalue weighted by molar-refractivity contribution is 5.99. The van der Waals surface area contributed by atoms with Gasteiger partial charge in [0.05, 0.1) is 12.8 Å². The molecule has 0 bridgehead atoms. The quantitative estimate of drug-likeness (QED) is 0.275. The van der Waals surface area contributed by atoms with Crippen molar-refractivity contribution >= 4 is 28.8 Å². The van der Waals surface area contributed by atoms with E-state index in [0.717, 1.165) is 60.9 Å². The molecule has 8 nitrogen and oxygen atoms in total. The van der Waals surface area contributed by atoms with Crippen LogP contribution in [0, 0.1) is 12.8 Å². The van der Waals surface area contributed by atoms with Crippen molar-refractivity contribution < 1.29 is 14.3 Å². The van der Waals surface area contributed by atoms with Gasteiger partial charge in [0.25, 0.3) is 0 Å². The second-order valence-corrected chi connectivity index (χ2v) is 11.1.